The third-order valence-electron chi connectivity index (χ3n) is 2.09. The first kappa shape index (κ1) is 12.5. The number of carbonyl (C=O) groups is 2. The van der Waals surface area contributed by atoms with E-state index in [1.807, 2.05) is 6.07 Å². The Morgan fingerprint density at radius 2 is 2.24 bits per heavy atom. The first-order valence-corrected chi connectivity index (χ1v) is 4.61. The van der Waals surface area contributed by atoms with Gasteiger partial charge in [-0.25, -0.2) is 4.79 Å². The molecule has 0 bridgehead atoms. The van der Waals surface area contributed by atoms with Crippen LogP contribution < -0.4 is 4.74 Å². The zero-order valence-electron chi connectivity index (χ0n) is 9.01. The molecule has 0 fully saturated rings. The fraction of sp³-hybridized carbons (Fsp3) is 0.0833. The van der Waals surface area contributed by atoms with Crippen LogP contribution in [0.2, 0.25) is 0 Å². The molecule has 5 heteroatoms. The van der Waals surface area contributed by atoms with E-state index in [9.17, 15) is 9.59 Å². The van der Waals surface area contributed by atoms with E-state index in [0.717, 1.165) is 6.08 Å². The second-order valence-corrected chi connectivity index (χ2v) is 3.05. The molecule has 5 nitrogen and oxygen atoms in total. The number of carboxylic acids is 1. The maximum absolute atomic E-state index is 10.8. The lowest BCUT2D eigenvalue weighted by molar-refractivity contribution is -0.131. The number of aliphatic carboxylic acids is 1. The van der Waals surface area contributed by atoms with Crippen molar-refractivity contribution in [1.82, 2.24) is 0 Å². The fourth-order valence-corrected chi connectivity index (χ4v) is 1.34. The predicted octanol–water partition coefficient (Wildman–Crippen LogP) is 1.48. The molecule has 17 heavy (non-hydrogen) atoms. The lowest BCUT2D eigenvalue weighted by Crippen LogP contribution is -1.97. The summed E-state index contributed by atoms with van der Waals surface area (Å²) < 4.78 is 4.96. The number of aldehydes is 1. The van der Waals surface area contributed by atoms with E-state index < -0.39 is 5.97 Å². The topological polar surface area (TPSA) is 87.4 Å². The van der Waals surface area contributed by atoms with Crippen molar-refractivity contribution in [2.75, 3.05) is 7.11 Å². The predicted molar refractivity (Wildman–Crippen MR) is 59.8 cm³/mol. The van der Waals surface area contributed by atoms with Crippen LogP contribution in [0.1, 0.15) is 21.5 Å². The van der Waals surface area contributed by atoms with E-state index in [0.29, 0.717) is 12.0 Å². The lowest BCUT2D eigenvalue weighted by atomic mass is 10.0. The number of ether oxygens (including phenoxy) is 1. The molecule has 0 radical (unpaired) electrons. The quantitative estimate of drug-likeness (QED) is 0.626. The highest BCUT2D eigenvalue weighted by Gasteiger charge is 2.11. The zero-order valence-corrected chi connectivity index (χ0v) is 9.01. The Hall–Kier alpha value is -2.61. The second-order valence-electron chi connectivity index (χ2n) is 3.05. The van der Waals surface area contributed by atoms with Gasteiger partial charge in [0.2, 0.25) is 0 Å². The van der Waals surface area contributed by atoms with E-state index in [4.69, 9.17) is 15.1 Å². The number of carbonyl (C=O) groups excluding carboxylic acids is 1. The number of hydrogen-bond donors (Lipinski definition) is 1. The molecule has 0 saturated heterocycles. The summed E-state index contributed by atoms with van der Waals surface area (Å²) in [5, 5.41) is 17.5. The SMILES string of the molecule is COc1ccc(C=O)c(/C=C/C(=O)O)c1C#N. The van der Waals surface area contributed by atoms with Gasteiger partial charge < -0.3 is 9.84 Å². The van der Waals surface area contributed by atoms with Gasteiger partial charge in [0.05, 0.1) is 7.11 Å². The molecular formula is C12H9NO4. The first-order chi connectivity index (χ1) is 8.13. The molecule has 1 rings (SSSR count). The van der Waals surface area contributed by atoms with E-state index in [1.165, 1.54) is 25.3 Å². The van der Waals surface area contributed by atoms with Gasteiger partial charge in [0, 0.05) is 17.2 Å². The van der Waals surface area contributed by atoms with Crippen LogP contribution in [0.5, 0.6) is 5.75 Å². The van der Waals surface area contributed by atoms with E-state index >= 15 is 0 Å². The van der Waals surface area contributed by atoms with Crippen LogP contribution in [0.25, 0.3) is 6.08 Å². The van der Waals surface area contributed by atoms with Crippen molar-refractivity contribution in [2.45, 2.75) is 0 Å². The maximum Gasteiger partial charge on any atom is 0.328 e. The smallest absolute Gasteiger partial charge is 0.328 e. The van der Waals surface area contributed by atoms with Crippen molar-refractivity contribution in [3.63, 3.8) is 0 Å². The van der Waals surface area contributed by atoms with E-state index in [1.54, 1.807) is 0 Å². The van der Waals surface area contributed by atoms with Gasteiger partial charge in [-0.1, -0.05) is 0 Å². The molecule has 0 heterocycles. The van der Waals surface area contributed by atoms with Gasteiger partial charge in [-0.2, -0.15) is 5.26 Å². The van der Waals surface area contributed by atoms with Crippen LogP contribution in [-0.2, 0) is 4.79 Å². The Labute approximate surface area is 97.6 Å². The molecule has 0 unspecified atom stereocenters. The van der Waals surface area contributed by atoms with E-state index in [-0.39, 0.29) is 16.7 Å². The molecule has 0 aromatic heterocycles. The number of hydrogen-bond acceptors (Lipinski definition) is 4. The third-order valence-corrected chi connectivity index (χ3v) is 2.09. The molecule has 1 N–H and O–H groups in total. The summed E-state index contributed by atoms with van der Waals surface area (Å²) in [6, 6.07) is 4.84. The Bertz CT molecular complexity index is 526. The van der Waals surface area contributed by atoms with Crippen LogP contribution in [0.3, 0.4) is 0 Å². The molecular weight excluding hydrogens is 222 g/mol. The van der Waals surface area contributed by atoms with Crippen molar-refractivity contribution in [1.29, 1.82) is 5.26 Å². The van der Waals surface area contributed by atoms with Gasteiger partial charge in [-0.05, 0) is 18.2 Å². The number of nitrogens with zero attached hydrogens (tertiary/aromatic N) is 1. The Kier molecular flexibility index (Phi) is 4.01. The molecule has 0 spiro atoms. The highest BCUT2D eigenvalue weighted by atomic mass is 16.5. The Balaban J connectivity index is 3.46. The monoisotopic (exact) mass is 231 g/mol. The molecule has 0 amide bonds. The molecule has 0 saturated carbocycles. The maximum atomic E-state index is 10.8. The van der Waals surface area contributed by atoms with E-state index in [2.05, 4.69) is 0 Å². The Morgan fingerprint density at radius 1 is 1.53 bits per heavy atom. The number of benzene rings is 1. The van der Waals surface area contributed by atoms with Crippen LogP contribution in [0, 0.1) is 11.3 Å². The van der Waals surface area contributed by atoms with Gasteiger partial charge in [-0.3, -0.25) is 4.79 Å². The Morgan fingerprint density at radius 3 is 2.71 bits per heavy atom. The van der Waals surface area contributed by atoms with Crippen LogP contribution in [-0.4, -0.2) is 24.5 Å². The molecule has 1 aromatic rings. The first-order valence-electron chi connectivity index (χ1n) is 4.61. The number of methoxy groups -OCH3 is 1. The number of rotatable bonds is 4. The highest BCUT2D eigenvalue weighted by Crippen LogP contribution is 2.25. The molecule has 0 aliphatic heterocycles. The lowest BCUT2D eigenvalue weighted by Gasteiger charge is -2.07. The van der Waals surface area contributed by atoms with Crippen molar-refractivity contribution >= 4 is 18.3 Å². The molecule has 0 atom stereocenters. The average Bonchev–Trinajstić information content (AvgIpc) is 2.34. The minimum absolute atomic E-state index is 0.134. The summed E-state index contributed by atoms with van der Waals surface area (Å²) in [5.41, 5.74) is 0.610. The number of carboxylic acid groups (broad SMARTS) is 1. The minimum Gasteiger partial charge on any atom is -0.495 e. The normalized spacial score (nSPS) is 9.88. The standard InChI is InChI=1S/C12H9NO4/c1-17-11-4-2-8(7-14)9(10(11)6-13)3-5-12(15)16/h2-5,7H,1H3,(H,15,16)/b5-3+. The summed E-state index contributed by atoms with van der Waals surface area (Å²) in [4.78, 5) is 21.2. The fourth-order valence-electron chi connectivity index (χ4n) is 1.34. The van der Waals surface area contributed by atoms with Crippen LogP contribution in [0.15, 0.2) is 18.2 Å². The van der Waals surface area contributed by atoms with Crippen molar-refractivity contribution in [2.24, 2.45) is 0 Å². The summed E-state index contributed by atoms with van der Waals surface area (Å²) in [6.45, 7) is 0. The van der Waals surface area contributed by atoms with Crippen LogP contribution >= 0.6 is 0 Å². The molecule has 1 aromatic carbocycles. The van der Waals surface area contributed by atoms with Gasteiger partial charge >= 0.3 is 5.97 Å². The summed E-state index contributed by atoms with van der Waals surface area (Å²) in [6.07, 6.45) is 2.62. The van der Waals surface area contributed by atoms with Crippen molar-refractivity contribution in [3.8, 4) is 11.8 Å². The molecule has 0 aliphatic rings. The van der Waals surface area contributed by atoms with Gasteiger partial charge in [0.1, 0.15) is 17.4 Å². The molecule has 86 valence electrons. The zero-order chi connectivity index (χ0) is 12.8. The summed E-state index contributed by atoms with van der Waals surface area (Å²) >= 11 is 0. The molecule has 0 aliphatic carbocycles. The summed E-state index contributed by atoms with van der Waals surface area (Å²) in [5.74, 6) is -0.864. The average molecular weight is 231 g/mol. The number of nitriles is 1. The minimum atomic E-state index is -1.16. The van der Waals surface area contributed by atoms with Crippen molar-refractivity contribution < 1.29 is 19.4 Å². The van der Waals surface area contributed by atoms with Gasteiger partial charge in [-0.15, -0.1) is 0 Å². The van der Waals surface area contributed by atoms with Gasteiger partial charge in [0.25, 0.3) is 0 Å². The van der Waals surface area contributed by atoms with Gasteiger partial charge in [0.15, 0.2) is 6.29 Å². The second kappa shape index (κ2) is 5.47. The largest absolute Gasteiger partial charge is 0.495 e. The highest BCUT2D eigenvalue weighted by molar-refractivity contribution is 5.91. The summed E-state index contributed by atoms with van der Waals surface area (Å²) in [7, 11) is 1.39. The van der Waals surface area contributed by atoms with Crippen molar-refractivity contribution in [3.05, 3.63) is 34.9 Å². The third kappa shape index (κ3) is 2.69. The van der Waals surface area contributed by atoms with Crippen LogP contribution in [0.4, 0.5) is 0 Å².